The van der Waals surface area contributed by atoms with Crippen LogP contribution in [0.1, 0.15) is 17.4 Å². The molecule has 1 atom stereocenters. The molecule has 0 saturated heterocycles. The summed E-state index contributed by atoms with van der Waals surface area (Å²) in [4.78, 5) is 7.17. The fourth-order valence-electron chi connectivity index (χ4n) is 1.48. The van der Waals surface area contributed by atoms with Crippen LogP contribution in [-0.4, -0.2) is 9.97 Å². The lowest BCUT2D eigenvalue weighted by Crippen LogP contribution is -2.15. The number of nitrogens with one attached hydrogen (secondary N) is 1. The Morgan fingerprint density at radius 1 is 1.40 bits per heavy atom. The smallest absolute Gasteiger partial charge is 0.123 e. The molecule has 0 bridgehead atoms. The van der Waals surface area contributed by atoms with E-state index in [0.29, 0.717) is 0 Å². The van der Waals surface area contributed by atoms with Gasteiger partial charge in [0.1, 0.15) is 5.82 Å². The SMILES string of the molecule is NC(Cc1ccccc1Br)c1ncc[nH]1. The third-order valence-corrected chi connectivity index (χ3v) is 3.04. The van der Waals surface area contributed by atoms with E-state index in [0.717, 1.165) is 16.7 Å². The number of nitrogens with zero attached hydrogens (tertiary/aromatic N) is 1. The Kier molecular flexibility index (Phi) is 3.18. The van der Waals surface area contributed by atoms with Gasteiger partial charge in [0, 0.05) is 16.9 Å². The molecule has 0 spiro atoms. The molecule has 78 valence electrons. The molecule has 3 nitrogen and oxygen atoms in total. The van der Waals surface area contributed by atoms with Gasteiger partial charge in [-0.3, -0.25) is 0 Å². The molecule has 3 N–H and O–H groups in total. The molecular weight excluding hydrogens is 254 g/mol. The van der Waals surface area contributed by atoms with E-state index in [2.05, 4.69) is 32.0 Å². The number of rotatable bonds is 3. The quantitative estimate of drug-likeness (QED) is 0.896. The minimum atomic E-state index is -0.0845. The number of imidazole rings is 1. The van der Waals surface area contributed by atoms with Crippen LogP contribution in [0.5, 0.6) is 0 Å². The highest BCUT2D eigenvalue weighted by Gasteiger charge is 2.10. The second-order valence-electron chi connectivity index (χ2n) is 3.38. The van der Waals surface area contributed by atoms with Crippen molar-refractivity contribution in [3.8, 4) is 0 Å². The minimum Gasteiger partial charge on any atom is -0.347 e. The maximum absolute atomic E-state index is 6.03. The first-order valence-electron chi connectivity index (χ1n) is 4.75. The van der Waals surface area contributed by atoms with Crippen LogP contribution in [0.3, 0.4) is 0 Å². The topological polar surface area (TPSA) is 54.7 Å². The lowest BCUT2D eigenvalue weighted by Gasteiger charge is -2.10. The van der Waals surface area contributed by atoms with Crippen molar-refractivity contribution in [3.63, 3.8) is 0 Å². The van der Waals surface area contributed by atoms with Crippen LogP contribution >= 0.6 is 15.9 Å². The van der Waals surface area contributed by atoms with Crippen molar-refractivity contribution >= 4 is 15.9 Å². The first kappa shape index (κ1) is 10.4. The van der Waals surface area contributed by atoms with Gasteiger partial charge in [-0.25, -0.2) is 4.98 Å². The molecule has 0 aliphatic carbocycles. The summed E-state index contributed by atoms with van der Waals surface area (Å²) < 4.78 is 1.09. The predicted molar refractivity (Wildman–Crippen MR) is 63.4 cm³/mol. The van der Waals surface area contributed by atoms with Gasteiger partial charge in [-0.15, -0.1) is 0 Å². The molecule has 0 aliphatic rings. The summed E-state index contributed by atoms with van der Waals surface area (Å²) in [6.07, 6.45) is 4.28. The fraction of sp³-hybridized carbons (Fsp3) is 0.182. The van der Waals surface area contributed by atoms with Gasteiger partial charge in [-0.2, -0.15) is 0 Å². The number of hydrogen-bond acceptors (Lipinski definition) is 2. The Labute approximate surface area is 96.9 Å². The van der Waals surface area contributed by atoms with Crippen molar-refractivity contribution < 1.29 is 0 Å². The number of nitrogens with two attached hydrogens (primary N) is 1. The average molecular weight is 266 g/mol. The second kappa shape index (κ2) is 4.59. The van der Waals surface area contributed by atoms with Gasteiger partial charge in [0.25, 0.3) is 0 Å². The molecule has 2 aromatic rings. The summed E-state index contributed by atoms with van der Waals surface area (Å²) in [5, 5.41) is 0. The van der Waals surface area contributed by atoms with Gasteiger partial charge >= 0.3 is 0 Å². The zero-order valence-electron chi connectivity index (χ0n) is 8.15. The van der Waals surface area contributed by atoms with Crippen LogP contribution < -0.4 is 5.73 Å². The standard InChI is InChI=1S/C11H12BrN3/c12-9-4-2-1-3-8(9)7-10(13)11-14-5-6-15-11/h1-6,10H,7,13H2,(H,14,15). The van der Waals surface area contributed by atoms with Crippen molar-refractivity contribution in [3.05, 3.63) is 52.5 Å². The molecule has 1 unspecified atom stereocenters. The van der Waals surface area contributed by atoms with Crippen LogP contribution in [0.2, 0.25) is 0 Å². The van der Waals surface area contributed by atoms with E-state index in [1.165, 1.54) is 5.56 Å². The molecule has 0 fully saturated rings. The van der Waals surface area contributed by atoms with Crippen LogP contribution in [0.15, 0.2) is 41.1 Å². The summed E-state index contributed by atoms with van der Waals surface area (Å²) in [5.74, 6) is 0.825. The zero-order valence-corrected chi connectivity index (χ0v) is 9.74. The monoisotopic (exact) mass is 265 g/mol. The van der Waals surface area contributed by atoms with Crippen molar-refractivity contribution in [2.24, 2.45) is 5.73 Å². The normalized spacial score (nSPS) is 12.7. The molecule has 2 rings (SSSR count). The van der Waals surface area contributed by atoms with Crippen LogP contribution in [-0.2, 0) is 6.42 Å². The Hall–Kier alpha value is -1.13. The van der Waals surface area contributed by atoms with Gasteiger partial charge in [0.05, 0.1) is 6.04 Å². The number of aromatic amines is 1. The predicted octanol–water partition coefficient (Wildman–Crippen LogP) is 2.41. The fourth-order valence-corrected chi connectivity index (χ4v) is 1.92. The highest BCUT2D eigenvalue weighted by molar-refractivity contribution is 9.10. The molecule has 1 aromatic carbocycles. The highest BCUT2D eigenvalue weighted by Crippen LogP contribution is 2.20. The van der Waals surface area contributed by atoms with E-state index in [-0.39, 0.29) is 6.04 Å². The van der Waals surface area contributed by atoms with Gasteiger partial charge in [0.2, 0.25) is 0 Å². The average Bonchev–Trinajstić information content (AvgIpc) is 2.74. The lowest BCUT2D eigenvalue weighted by molar-refractivity contribution is 0.676. The van der Waals surface area contributed by atoms with E-state index in [1.807, 2.05) is 18.2 Å². The van der Waals surface area contributed by atoms with E-state index >= 15 is 0 Å². The van der Waals surface area contributed by atoms with Gasteiger partial charge in [0.15, 0.2) is 0 Å². The number of hydrogen-bond donors (Lipinski definition) is 2. The van der Waals surface area contributed by atoms with Crippen LogP contribution in [0.25, 0.3) is 0 Å². The highest BCUT2D eigenvalue weighted by atomic mass is 79.9. The Morgan fingerprint density at radius 3 is 2.87 bits per heavy atom. The van der Waals surface area contributed by atoms with Crippen molar-refractivity contribution in [1.29, 1.82) is 0 Å². The van der Waals surface area contributed by atoms with Crippen molar-refractivity contribution in [2.45, 2.75) is 12.5 Å². The molecule has 0 radical (unpaired) electrons. The molecular formula is C11H12BrN3. The molecule has 1 aromatic heterocycles. The third-order valence-electron chi connectivity index (χ3n) is 2.27. The lowest BCUT2D eigenvalue weighted by atomic mass is 10.1. The van der Waals surface area contributed by atoms with Crippen LogP contribution in [0.4, 0.5) is 0 Å². The number of aromatic nitrogens is 2. The maximum atomic E-state index is 6.03. The van der Waals surface area contributed by atoms with Crippen LogP contribution in [0, 0.1) is 0 Å². The molecule has 0 saturated carbocycles. The summed E-state index contributed by atoms with van der Waals surface area (Å²) >= 11 is 3.50. The first-order valence-corrected chi connectivity index (χ1v) is 5.55. The van der Waals surface area contributed by atoms with E-state index in [1.54, 1.807) is 12.4 Å². The Morgan fingerprint density at radius 2 is 2.20 bits per heavy atom. The van der Waals surface area contributed by atoms with Gasteiger partial charge in [-0.1, -0.05) is 34.1 Å². The van der Waals surface area contributed by atoms with E-state index in [9.17, 15) is 0 Å². The van der Waals surface area contributed by atoms with Gasteiger partial charge in [-0.05, 0) is 18.1 Å². The Balaban J connectivity index is 2.13. The summed E-state index contributed by atoms with van der Waals surface area (Å²) in [5.41, 5.74) is 7.22. The van der Waals surface area contributed by atoms with Gasteiger partial charge < -0.3 is 10.7 Å². The van der Waals surface area contributed by atoms with E-state index in [4.69, 9.17) is 5.73 Å². The van der Waals surface area contributed by atoms with Crippen molar-refractivity contribution in [1.82, 2.24) is 9.97 Å². The molecule has 4 heteroatoms. The minimum absolute atomic E-state index is 0.0845. The molecule has 15 heavy (non-hydrogen) atoms. The molecule has 0 aliphatic heterocycles. The Bertz CT molecular complexity index is 425. The molecule has 0 amide bonds. The molecule has 1 heterocycles. The number of H-pyrrole nitrogens is 1. The second-order valence-corrected chi connectivity index (χ2v) is 4.23. The van der Waals surface area contributed by atoms with Crippen molar-refractivity contribution in [2.75, 3.05) is 0 Å². The third kappa shape index (κ3) is 2.46. The number of benzene rings is 1. The van der Waals surface area contributed by atoms with E-state index < -0.39 is 0 Å². The largest absolute Gasteiger partial charge is 0.347 e. The number of halogens is 1. The zero-order chi connectivity index (χ0) is 10.7. The summed E-state index contributed by atoms with van der Waals surface area (Å²) in [6, 6.07) is 8.00. The maximum Gasteiger partial charge on any atom is 0.123 e. The summed E-state index contributed by atoms with van der Waals surface area (Å²) in [7, 11) is 0. The summed E-state index contributed by atoms with van der Waals surface area (Å²) in [6.45, 7) is 0. The first-order chi connectivity index (χ1) is 7.27.